The van der Waals surface area contributed by atoms with E-state index >= 15 is 0 Å². The van der Waals surface area contributed by atoms with E-state index in [4.69, 9.17) is 8.22 Å². The molecule has 0 unspecified atom stereocenters. The molecule has 2 rings (SSSR count). The Morgan fingerprint density at radius 2 is 1.93 bits per heavy atom. The van der Waals surface area contributed by atoms with E-state index in [1.165, 1.54) is 24.5 Å². The molecule has 0 bridgehead atoms. The third-order valence-corrected chi connectivity index (χ3v) is 1.85. The van der Waals surface area contributed by atoms with Crippen LogP contribution >= 0.6 is 0 Å². The summed E-state index contributed by atoms with van der Waals surface area (Å²) in [6.07, 6.45) is 1.19. The topological polar surface area (TPSA) is 25.8 Å². The normalized spacial score (nSPS) is 18.3. The summed E-state index contributed by atoms with van der Waals surface area (Å²) in [5.74, 6) is 0. The minimum Gasteiger partial charge on any atom is -0.242 e. The van der Waals surface area contributed by atoms with E-state index in [2.05, 4.69) is 9.97 Å². The molecule has 0 aliphatic heterocycles. The van der Waals surface area contributed by atoms with Gasteiger partial charge in [0.25, 0.3) is 0 Å². The Hall–Kier alpha value is -1.70. The summed E-state index contributed by atoms with van der Waals surface area (Å²) in [5.41, 5.74) is 1.28. The highest BCUT2D eigenvalue weighted by Crippen LogP contribution is 2.16. The molecule has 0 amide bonds. The maximum Gasteiger partial charge on any atom is 0.116 e. The maximum atomic E-state index is 7.32. The Bertz CT molecular complexity index is 601. The second-order valence-electron chi connectivity index (χ2n) is 2.87. The van der Waals surface area contributed by atoms with Gasteiger partial charge in [-0.3, -0.25) is 0 Å². The molecule has 0 saturated carbocycles. The average Bonchev–Trinajstić information content (AvgIpc) is 2.37. The van der Waals surface area contributed by atoms with Crippen LogP contribution in [0.2, 0.25) is 0 Å². The molecule has 14 heavy (non-hydrogen) atoms. The van der Waals surface area contributed by atoms with E-state index in [0.717, 1.165) is 0 Å². The van der Waals surface area contributed by atoms with Crippen molar-refractivity contribution in [3.05, 3.63) is 47.9 Å². The lowest BCUT2D eigenvalue weighted by atomic mass is 10.1. The van der Waals surface area contributed by atoms with E-state index in [9.17, 15) is 0 Å². The van der Waals surface area contributed by atoms with Gasteiger partial charge in [0.05, 0.1) is 5.69 Å². The van der Waals surface area contributed by atoms with Crippen LogP contribution in [0.1, 0.15) is 19.5 Å². The molecule has 0 aliphatic carbocycles. The first-order chi connectivity index (χ1) is 9.18. The van der Waals surface area contributed by atoms with Crippen LogP contribution in [-0.4, -0.2) is 9.97 Å². The average molecular weight is 190 g/mol. The summed E-state index contributed by atoms with van der Waals surface area (Å²) >= 11 is 0. The maximum absolute atomic E-state index is 7.32. The largest absolute Gasteiger partial charge is 0.242 e. The van der Waals surface area contributed by atoms with Crippen LogP contribution in [0, 0.1) is 13.7 Å². The molecular weight excluding hydrogens is 172 g/mol. The monoisotopic (exact) mass is 190 g/mol. The Labute approximate surface area is 92.1 Å². The molecule has 70 valence electrons. The van der Waals surface area contributed by atoms with Gasteiger partial charge in [-0.15, -0.1) is 0 Å². The zero-order valence-electron chi connectivity index (χ0n) is 13.4. The highest BCUT2D eigenvalue weighted by molar-refractivity contribution is 5.59. The molecule has 1 aromatic heterocycles. The van der Waals surface area contributed by atoms with Crippen molar-refractivity contribution >= 4 is 0 Å². The van der Waals surface area contributed by atoms with Crippen LogP contribution in [0.4, 0.5) is 0 Å². The first-order valence-corrected chi connectivity index (χ1v) is 4.11. The molecule has 2 nitrogen and oxygen atoms in total. The molecule has 0 spiro atoms. The van der Waals surface area contributed by atoms with Crippen molar-refractivity contribution in [2.24, 2.45) is 0 Å². The number of rotatable bonds is 1. The highest BCUT2D eigenvalue weighted by Gasteiger charge is 1.98. The second kappa shape index (κ2) is 3.58. The molecule has 1 aromatic carbocycles. The van der Waals surface area contributed by atoms with Gasteiger partial charge in [-0.1, -0.05) is 29.8 Å². The summed E-state index contributed by atoms with van der Waals surface area (Å²) in [6, 6.07) is 7.57. The molecule has 0 fully saturated rings. The van der Waals surface area contributed by atoms with Crippen molar-refractivity contribution in [1.82, 2.24) is 9.97 Å². The van der Waals surface area contributed by atoms with E-state index in [-0.39, 0.29) is 11.3 Å². The Balaban J connectivity index is 2.38. The molecule has 0 saturated heterocycles. The number of nitrogens with zero attached hydrogens (tertiary/aromatic N) is 2. The minimum absolute atomic E-state index is 0.0394. The number of hydrogen-bond donors (Lipinski definition) is 0. The molecule has 0 N–H and O–H groups in total. The summed E-state index contributed by atoms with van der Waals surface area (Å²) < 4.78 is 43.8. The van der Waals surface area contributed by atoms with Crippen molar-refractivity contribution < 1.29 is 8.22 Å². The number of benzene rings is 1. The molecule has 2 heteroatoms. The third kappa shape index (κ3) is 1.79. The van der Waals surface area contributed by atoms with Crippen LogP contribution in [0.15, 0.2) is 36.7 Å². The zero-order chi connectivity index (χ0) is 15.0. The molecule has 0 aliphatic rings. The number of hydrogen-bond acceptors (Lipinski definition) is 2. The molecule has 0 atom stereocenters. The lowest BCUT2D eigenvalue weighted by molar-refractivity contribution is 1.11. The van der Waals surface area contributed by atoms with Gasteiger partial charge >= 0.3 is 0 Å². The quantitative estimate of drug-likeness (QED) is 0.691. The Kier molecular flexibility index (Phi) is 1.08. The van der Waals surface area contributed by atoms with Crippen LogP contribution in [-0.2, 0) is 0 Å². The van der Waals surface area contributed by atoms with E-state index in [0.29, 0.717) is 11.3 Å². The van der Waals surface area contributed by atoms with Gasteiger partial charge in [0, 0.05) is 19.5 Å². The third-order valence-electron chi connectivity index (χ3n) is 1.85. The smallest absolute Gasteiger partial charge is 0.116 e. The van der Waals surface area contributed by atoms with Crippen LogP contribution in [0.25, 0.3) is 11.3 Å². The van der Waals surface area contributed by atoms with Gasteiger partial charge < -0.3 is 0 Å². The van der Waals surface area contributed by atoms with Crippen LogP contribution in [0.3, 0.4) is 0 Å². The van der Waals surface area contributed by atoms with Crippen LogP contribution in [0.5, 0.6) is 0 Å². The summed E-state index contributed by atoms with van der Waals surface area (Å²) in [7, 11) is 0. The van der Waals surface area contributed by atoms with Crippen molar-refractivity contribution in [3.63, 3.8) is 0 Å². The Morgan fingerprint density at radius 1 is 1.07 bits per heavy atom. The first-order valence-electron chi connectivity index (χ1n) is 7.11. The van der Waals surface area contributed by atoms with Gasteiger partial charge in [-0.25, -0.2) is 9.97 Å². The standard InChI is InChI=1S/C12H12N2/c1-9-3-5-11(6-4-9)12-7-10(2)13-8-14-12/h3-8H,1-2H3/i1D3,2D3. The fourth-order valence-corrected chi connectivity index (χ4v) is 1.16. The Morgan fingerprint density at radius 3 is 2.64 bits per heavy atom. The molecule has 1 heterocycles. The minimum atomic E-state index is -2.30. The fourth-order valence-electron chi connectivity index (χ4n) is 1.16. The van der Waals surface area contributed by atoms with Gasteiger partial charge in [0.1, 0.15) is 6.33 Å². The van der Waals surface area contributed by atoms with Gasteiger partial charge in [0.15, 0.2) is 0 Å². The lowest BCUT2D eigenvalue weighted by Crippen LogP contribution is -1.87. The van der Waals surface area contributed by atoms with Crippen molar-refractivity contribution in [3.8, 4) is 11.3 Å². The fraction of sp³-hybridized carbons (Fsp3) is 0.167. The number of aromatic nitrogens is 2. The number of aryl methyl sites for hydroxylation is 2. The van der Waals surface area contributed by atoms with E-state index < -0.39 is 13.7 Å². The van der Waals surface area contributed by atoms with E-state index in [1.54, 1.807) is 12.1 Å². The van der Waals surface area contributed by atoms with Gasteiger partial charge in [0.2, 0.25) is 0 Å². The zero-order valence-corrected chi connectivity index (χ0v) is 7.36. The molecule has 2 aromatic rings. The lowest BCUT2D eigenvalue weighted by Gasteiger charge is -2.01. The predicted molar refractivity (Wildman–Crippen MR) is 56.9 cm³/mol. The summed E-state index contributed by atoms with van der Waals surface area (Å²) in [4.78, 5) is 7.74. The summed E-state index contributed by atoms with van der Waals surface area (Å²) in [5, 5.41) is 0. The second-order valence-corrected chi connectivity index (χ2v) is 2.87. The molecule has 0 radical (unpaired) electrons. The predicted octanol–water partition coefficient (Wildman–Crippen LogP) is 2.76. The highest BCUT2D eigenvalue weighted by atomic mass is 14.8. The van der Waals surface area contributed by atoms with Crippen molar-refractivity contribution in [2.75, 3.05) is 0 Å². The SMILES string of the molecule is [2H]C([2H])([2H])c1ccc(-c2cc(C([2H])([2H])[2H])ncn2)cc1. The van der Waals surface area contributed by atoms with Gasteiger partial charge in [-0.2, -0.15) is 0 Å². The van der Waals surface area contributed by atoms with Gasteiger partial charge in [-0.05, 0) is 19.8 Å². The summed E-state index contributed by atoms with van der Waals surface area (Å²) in [6.45, 7) is -4.45. The van der Waals surface area contributed by atoms with Crippen molar-refractivity contribution in [2.45, 2.75) is 13.7 Å². The molecular formula is C12H12N2. The van der Waals surface area contributed by atoms with E-state index in [1.807, 2.05) is 0 Å². The first kappa shape index (κ1) is 4.22. The van der Waals surface area contributed by atoms with Crippen molar-refractivity contribution in [1.29, 1.82) is 0 Å². The van der Waals surface area contributed by atoms with Crippen LogP contribution < -0.4 is 0 Å².